The molecule has 108 valence electrons. The van der Waals surface area contributed by atoms with Crippen LogP contribution in [0, 0.1) is 0 Å². The van der Waals surface area contributed by atoms with E-state index < -0.39 is 10.0 Å². The van der Waals surface area contributed by atoms with Crippen LogP contribution in [0.5, 0.6) is 5.75 Å². The number of methoxy groups -OCH3 is 1. The largest absolute Gasteiger partial charge is 0.497 e. The van der Waals surface area contributed by atoms with Gasteiger partial charge in [0.2, 0.25) is 0 Å². The van der Waals surface area contributed by atoms with E-state index in [2.05, 4.69) is 15.9 Å². The second-order valence-corrected chi connectivity index (χ2v) is 8.83. The molecular weight excluding hydrogens is 386 g/mol. The summed E-state index contributed by atoms with van der Waals surface area (Å²) in [7, 11) is -0.562. The lowest BCUT2D eigenvalue weighted by atomic mass is 10.3. The molecule has 0 N–H and O–H groups in total. The fourth-order valence-corrected chi connectivity index (χ4v) is 5.29. The number of anilines is 1. The zero-order chi connectivity index (χ0) is 14.9. The predicted molar refractivity (Wildman–Crippen MR) is 85.6 cm³/mol. The van der Waals surface area contributed by atoms with Gasteiger partial charge in [0.1, 0.15) is 9.96 Å². The van der Waals surface area contributed by atoms with Gasteiger partial charge in [-0.15, -0.1) is 11.3 Å². The topological polar surface area (TPSA) is 46.6 Å². The van der Waals surface area contributed by atoms with Crippen molar-refractivity contribution in [2.24, 2.45) is 0 Å². The molecule has 0 fully saturated rings. The van der Waals surface area contributed by atoms with Gasteiger partial charge in [0.15, 0.2) is 0 Å². The third kappa shape index (κ3) is 2.95. The molecule has 2 rings (SSSR count). The molecule has 0 spiro atoms. The molecule has 1 aromatic carbocycles. The minimum absolute atomic E-state index is 0.188. The van der Waals surface area contributed by atoms with Gasteiger partial charge in [-0.25, -0.2) is 8.42 Å². The SMILES string of the molecule is COc1ccc(N(C)S(=O)(=O)c2cc(Cl)c(Br)s2)cc1. The number of hydrogen-bond donors (Lipinski definition) is 0. The van der Waals surface area contributed by atoms with Gasteiger partial charge in [0.25, 0.3) is 10.0 Å². The van der Waals surface area contributed by atoms with Crippen LogP contribution in [-0.2, 0) is 10.0 Å². The molecule has 0 unspecified atom stereocenters. The number of sulfonamides is 1. The van der Waals surface area contributed by atoms with E-state index >= 15 is 0 Å². The van der Waals surface area contributed by atoms with E-state index in [-0.39, 0.29) is 4.21 Å². The summed E-state index contributed by atoms with van der Waals surface area (Å²) in [5, 5.41) is 0.386. The lowest BCUT2D eigenvalue weighted by Gasteiger charge is -2.18. The summed E-state index contributed by atoms with van der Waals surface area (Å²) in [6.45, 7) is 0. The van der Waals surface area contributed by atoms with Crippen LogP contribution in [0.4, 0.5) is 5.69 Å². The van der Waals surface area contributed by atoms with Crippen molar-refractivity contribution in [1.82, 2.24) is 0 Å². The van der Waals surface area contributed by atoms with E-state index in [4.69, 9.17) is 16.3 Å². The first kappa shape index (κ1) is 15.6. The lowest BCUT2D eigenvalue weighted by molar-refractivity contribution is 0.415. The molecule has 4 nitrogen and oxygen atoms in total. The van der Waals surface area contributed by atoms with Crippen molar-refractivity contribution in [1.29, 1.82) is 0 Å². The maximum Gasteiger partial charge on any atom is 0.273 e. The normalized spacial score (nSPS) is 11.4. The van der Waals surface area contributed by atoms with Crippen LogP contribution in [0.1, 0.15) is 0 Å². The smallest absolute Gasteiger partial charge is 0.273 e. The molecule has 1 heterocycles. The Bertz CT molecular complexity index is 693. The Balaban J connectivity index is 2.37. The fraction of sp³-hybridized carbons (Fsp3) is 0.167. The van der Waals surface area contributed by atoms with Crippen LogP contribution in [0.25, 0.3) is 0 Å². The first-order valence-corrected chi connectivity index (χ1v) is 8.87. The van der Waals surface area contributed by atoms with Crippen molar-refractivity contribution < 1.29 is 13.2 Å². The fourth-order valence-electron chi connectivity index (χ4n) is 1.52. The Morgan fingerprint density at radius 2 is 1.90 bits per heavy atom. The number of rotatable bonds is 4. The highest BCUT2D eigenvalue weighted by Crippen LogP contribution is 2.36. The van der Waals surface area contributed by atoms with Crippen molar-refractivity contribution in [3.05, 3.63) is 39.1 Å². The number of ether oxygens (including phenoxy) is 1. The van der Waals surface area contributed by atoms with Gasteiger partial charge in [0, 0.05) is 7.05 Å². The Morgan fingerprint density at radius 1 is 1.30 bits per heavy atom. The molecule has 0 atom stereocenters. The monoisotopic (exact) mass is 395 g/mol. The zero-order valence-corrected chi connectivity index (χ0v) is 14.6. The minimum Gasteiger partial charge on any atom is -0.497 e. The first-order chi connectivity index (χ1) is 9.36. The second kappa shape index (κ2) is 5.93. The molecule has 2 aromatic rings. The number of thiophene rings is 1. The molecule has 0 aliphatic heterocycles. The summed E-state index contributed by atoms with van der Waals surface area (Å²) in [4.78, 5) is 0. The van der Waals surface area contributed by atoms with Crippen LogP contribution < -0.4 is 9.04 Å². The Kier molecular flexibility index (Phi) is 4.63. The summed E-state index contributed by atoms with van der Waals surface area (Å²) < 4.78 is 32.0. The molecule has 0 aliphatic carbocycles. The number of halogens is 2. The van der Waals surface area contributed by atoms with Gasteiger partial charge in [-0.1, -0.05) is 11.6 Å². The highest BCUT2D eigenvalue weighted by molar-refractivity contribution is 9.11. The molecule has 0 saturated carbocycles. The first-order valence-electron chi connectivity index (χ1n) is 5.44. The van der Waals surface area contributed by atoms with Crippen molar-refractivity contribution in [2.45, 2.75) is 4.21 Å². The number of nitrogens with zero attached hydrogens (tertiary/aromatic N) is 1. The molecule has 0 saturated heterocycles. The molecule has 0 radical (unpaired) electrons. The zero-order valence-electron chi connectivity index (χ0n) is 10.6. The van der Waals surface area contributed by atoms with Crippen LogP contribution in [0.2, 0.25) is 5.02 Å². The van der Waals surface area contributed by atoms with E-state index in [0.29, 0.717) is 20.2 Å². The molecular formula is C12H11BrClNO3S2. The van der Waals surface area contributed by atoms with Gasteiger partial charge in [-0.2, -0.15) is 0 Å². The molecule has 0 bridgehead atoms. The number of benzene rings is 1. The average molecular weight is 397 g/mol. The summed E-state index contributed by atoms with van der Waals surface area (Å²) in [5.41, 5.74) is 0.548. The van der Waals surface area contributed by atoms with E-state index in [1.54, 1.807) is 31.4 Å². The maximum atomic E-state index is 12.5. The quantitative estimate of drug-likeness (QED) is 0.785. The average Bonchev–Trinajstić information content (AvgIpc) is 2.78. The Morgan fingerprint density at radius 3 is 2.35 bits per heavy atom. The highest BCUT2D eigenvalue weighted by atomic mass is 79.9. The summed E-state index contributed by atoms with van der Waals surface area (Å²) >= 11 is 10.2. The minimum atomic E-state index is -3.62. The number of hydrogen-bond acceptors (Lipinski definition) is 4. The molecule has 8 heteroatoms. The summed E-state index contributed by atoms with van der Waals surface area (Å²) in [6.07, 6.45) is 0. The summed E-state index contributed by atoms with van der Waals surface area (Å²) in [5.74, 6) is 0.668. The second-order valence-electron chi connectivity index (χ2n) is 3.86. The predicted octanol–water partition coefficient (Wildman–Crippen LogP) is 4.00. The van der Waals surface area contributed by atoms with Gasteiger partial charge in [-0.3, -0.25) is 4.31 Å². The van der Waals surface area contributed by atoms with E-state index in [1.807, 2.05) is 0 Å². The lowest BCUT2D eigenvalue weighted by Crippen LogP contribution is -2.25. The van der Waals surface area contributed by atoms with Gasteiger partial charge < -0.3 is 4.74 Å². The van der Waals surface area contributed by atoms with Crippen LogP contribution >= 0.6 is 38.9 Å². The van der Waals surface area contributed by atoms with Crippen molar-refractivity contribution in [3.8, 4) is 5.75 Å². The van der Waals surface area contributed by atoms with E-state index in [9.17, 15) is 8.42 Å². The third-order valence-corrected chi connectivity index (χ3v) is 7.38. The van der Waals surface area contributed by atoms with Gasteiger partial charge >= 0.3 is 0 Å². The maximum absolute atomic E-state index is 12.5. The standard InChI is InChI=1S/C12H11BrClNO3S2/c1-15(8-3-5-9(18-2)6-4-8)20(16,17)11-7-10(14)12(13)19-11/h3-7H,1-2H3. The molecule has 20 heavy (non-hydrogen) atoms. The Labute approximate surface area is 135 Å². The van der Waals surface area contributed by atoms with Crippen LogP contribution in [-0.4, -0.2) is 22.6 Å². The molecule has 1 aromatic heterocycles. The van der Waals surface area contributed by atoms with Crippen LogP contribution in [0.15, 0.2) is 38.3 Å². The van der Waals surface area contributed by atoms with E-state index in [1.165, 1.54) is 17.4 Å². The molecule has 0 aliphatic rings. The van der Waals surface area contributed by atoms with Crippen molar-refractivity contribution >= 4 is 54.6 Å². The van der Waals surface area contributed by atoms with E-state index in [0.717, 1.165) is 11.3 Å². The third-order valence-electron chi connectivity index (χ3n) is 2.67. The van der Waals surface area contributed by atoms with Crippen molar-refractivity contribution in [3.63, 3.8) is 0 Å². The highest BCUT2D eigenvalue weighted by Gasteiger charge is 2.24. The summed E-state index contributed by atoms with van der Waals surface area (Å²) in [6, 6.07) is 8.21. The van der Waals surface area contributed by atoms with Crippen molar-refractivity contribution in [2.75, 3.05) is 18.5 Å². The Hall–Kier alpha value is -0.760. The molecule has 0 amide bonds. The van der Waals surface area contributed by atoms with Crippen LogP contribution in [0.3, 0.4) is 0 Å². The van der Waals surface area contributed by atoms with Gasteiger partial charge in [0.05, 0.1) is 21.6 Å². The van der Waals surface area contributed by atoms with Gasteiger partial charge in [-0.05, 0) is 46.3 Å².